The topological polar surface area (TPSA) is 30.2 Å². The fraction of sp³-hybridized carbons (Fsp3) is 0.385. The summed E-state index contributed by atoms with van der Waals surface area (Å²) in [5, 5.41) is 0. The molecule has 1 aliphatic heterocycles. The Bertz CT molecular complexity index is 1110. The van der Waals surface area contributed by atoms with Crippen molar-refractivity contribution in [2.45, 2.75) is 66.2 Å². The summed E-state index contributed by atoms with van der Waals surface area (Å²) >= 11 is 0. The molecular formula is C26H31N3. The van der Waals surface area contributed by atoms with Crippen LogP contribution in [0.3, 0.4) is 0 Å². The number of benzene rings is 2. The van der Waals surface area contributed by atoms with E-state index in [0.717, 1.165) is 17.1 Å². The van der Waals surface area contributed by atoms with Crippen molar-refractivity contribution in [3.05, 3.63) is 64.5 Å². The van der Waals surface area contributed by atoms with Gasteiger partial charge in [0.15, 0.2) is 0 Å². The molecule has 3 heteroatoms. The van der Waals surface area contributed by atoms with Crippen LogP contribution in [-0.4, -0.2) is 15.8 Å². The molecule has 29 heavy (non-hydrogen) atoms. The molecule has 0 radical (unpaired) electrons. The predicted octanol–water partition coefficient (Wildman–Crippen LogP) is 6.76. The van der Waals surface area contributed by atoms with Crippen molar-refractivity contribution < 1.29 is 0 Å². The molecule has 150 valence electrons. The smallest absolute Gasteiger partial charge is 0.146 e. The maximum Gasteiger partial charge on any atom is 0.146 e. The Labute approximate surface area is 174 Å². The van der Waals surface area contributed by atoms with E-state index >= 15 is 0 Å². The Morgan fingerprint density at radius 3 is 2.24 bits per heavy atom. The molecule has 0 saturated carbocycles. The molecule has 4 rings (SSSR count). The summed E-state index contributed by atoms with van der Waals surface area (Å²) in [5.74, 6) is 0.969. The first-order chi connectivity index (χ1) is 13.5. The molecule has 1 aromatic heterocycles. The zero-order valence-corrected chi connectivity index (χ0v) is 18.9. The van der Waals surface area contributed by atoms with Crippen LogP contribution in [0.25, 0.3) is 17.1 Å². The van der Waals surface area contributed by atoms with Crippen LogP contribution < -0.4 is 0 Å². The molecule has 2 heterocycles. The number of aromatic nitrogens is 2. The molecule has 0 N–H and O–H groups in total. The number of hydrogen-bond donors (Lipinski definition) is 0. The second kappa shape index (κ2) is 6.41. The molecule has 0 saturated heterocycles. The zero-order chi connectivity index (χ0) is 21.1. The van der Waals surface area contributed by atoms with Crippen LogP contribution in [0, 0.1) is 20.8 Å². The molecule has 2 aromatic carbocycles. The second-order valence-electron chi connectivity index (χ2n) is 9.98. The average Bonchev–Trinajstić information content (AvgIpc) is 3.17. The second-order valence-corrected chi connectivity index (χ2v) is 9.98. The van der Waals surface area contributed by atoms with E-state index in [4.69, 9.17) is 9.98 Å². The van der Waals surface area contributed by atoms with Crippen molar-refractivity contribution in [3.8, 4) is 17.1 Å². The van der Waals surface area contributed by atoms with Gasteiger partial charge >= 0.3 is 0 Å². The summed E-state index contributed by atoms with van der Waals surface area (Å²) in [6, 6.07) is 9.02. The lowest BCUT2D eigenvalue weighted by atomic mass is 9.79. The van der Waals surface area contributed by atoms with Crippen LogP contribution in [0.15, 0.2) is 41.7 Å². The Morgan fingerprint density at radius 2 is 1.62 bits per heavy atom. The molecule has 0 unspecified atom stereocenters. The van der Waals surface area contributed by atoms with E-state index in [2.05, 4.69) is 96.6 Å². The van der Waals surface area contributed by atoms with E-state index < -0.39 is 0 Å². The predicted molar refractivity (Wildman–Crippen MR) is 123 cm³/mol. The maximum absolute atomic E-state index is 4.90. The highest BCUT2D eigenvalue weighted by molar-refractivity contribution is 5.92. The van der Waals surface area contributed by atoms with E-state index in [-0.39, 0.29) is 10.8 Å². The molecule has 0 fully saturated rings. The van der Waals surface area contributed by atoms with Gasteiger partial charge in [-0.15, -0.1) is 0 Å². The van der Waals surface area contributed by atoms with Crippen molar-refractivity contribution in [2.24, 2.45) is 4.99 Å². The first-order valence-electron chi connectivity index (χ1n) is 10.4. The largest absolute Gasteiger partial charge is 0.299 e. The van der Waals surface area contributed by atoms with E-state index in [0.29, 0.717) is 0 Å². The fourth-order valence-electron chi connectivity index (χ4n) is 4.61. The summed E-state index contributed by atoms with van der Waals surface area (Å²) in [5.41, 5.74) is 9.71. The highest BCUT2D eigenvalue weighted by Gasteiger charge is 2.33. The van der Waals surface area contributed by atoms with Gasteiger partial charge in [0.1, 0.15) is 5.82 Å². The first kappa shape index (κ1) is 19.6. The van der Waals surface area contributed by atoms with Crippen LogP contribution in [0.1, 0.15) is 62.4 Å². The van der Waals surface area contributed by atoms with Crippen molar-refractivity contribution in [1.29, 1.82) is 0 Å². The van der Waals surface area contributed by atoms with Crippen LogP contribution in [0.4, 0.5) is 5.69 Å². The van der Waals surface area contributed by atoms with Crippen molar-refractivity contribution in [3.63, 3.8) is 0 Å². The minimum atomic E-state index is -0.0619. The summed E-state index contributed by atoms with van der Waals surface area (Å²) < 4.78 is 2.25. The summed E-state index contributed by atoms with van der Waals surface area (Å²) in [7, 11) is 0. The van der Waals surface area contributed by atoms with Gasteiger partial charge in [-0.3, -0.25) is 9.56 Å². The van der Waals surface area contributed by atoms with Gasteiger partial charge in [-0.1, -0.05) is 64.4 Å². The van der Waals surface area contributed by atoms with E-state index in [9.17, 15) is 0 Å². The molecule has 0 bridgehead atoms. The normalized spacial score (nSPS) is 15.0. The molecule has 0 amide bonds. The number of aryl methyl sites for hydroxylation is 3. The van der Waals surface area contributed by atoms with Crippen molar-refractivity contribution >= 4 is 11.9 Å². The van der Waals surface area contributed by atoms with E-state index in [1.807, 2.05) is 6.20 Å². The van der Waals surface area contributed by atoms with Crippen molar-refractivity contribution in [2.75, 3.05) is 0 Å². The van der Waals surface area contributed by atoms with Crippen LogP contribution >= 0.6 is 0 Å². The Kier molecular flexibility index (Phi) is 4.34. The molecule has 1 aliphatic rings. The standard InChI is InChI=1S/C26H31N3/c1-16-13-17(2)23(18(3)14-16)29-12-11-27-24(29)21-19(25(4,5)6)9-10-20-22(21)28-15-26(20,7)8/h9-15H,1-8H3. The SMILES string of the molecule is Cc1cc(C)c(-n2ccnc2-c2c(C(C)(C)C)ccc3c2N=CC3(C)C)c(C)c1. The lowest BCUT2D eigenvalue weighted by Gasteiger charge is -2.26. The highest BCUT2D eigenvalue weighted by Crippen LogP contribution is 2.47. The van der Waals surface area contributed by atoms with Crippen LogP contribution in [-0.2, 0) is 10.8 Å². The number of imidazole rings is 1. The molecule has 3 nitrogen and oxygen atoms in total. The third kappa shape index (κ3) is 3.13. The zero-order valence-electron chi connectivity index (χ0n) is 18.9. The van der Waals surface area contributed by atoms with Gasteiger partial charge in [0.25, 0.3) is 0 Å². The molecule has 0 spiro atoms. The minimum absolute atomic E-state index is 0.0131. The number of fused-ring (bicyclic) bond motifs is 1. The Balaban J connectivity index is 2.06. The Morgan fingerprint density at radius 1 is 0.966 bits per heavy atom. The number of hydrogen-bond acceptors (Lipinski definition) is 2. The van der Waals surface area contributed by atoms with Gasteiger partial charge in [0.05, 0.1) is 11.4 Å². The van der Waals surface area contributed by atoms with Crippen molar-refractivity contribution in [1.82, 2.24) is 9.55 Å². The fourth-order valence-corrected chi connectivity index (χ4v) is 4.61. The lowest BCUT2D eigenvalue weighted by Crippen LogP contribution is -2.18. The molecule has 0 atom stereocenters. The lowest BCUT2D eigenvalue weighted by molar-refractivity contribution is 0.590. The third-order valence-electron chi connectivity index (χ3n) is 5.94. The Hall–Kier alpha value is -2.68. The van der Waals surface area contributed by atoms with Gasteiger partial charge in [-0.25, -0.2) is 4.98 Å². The van der Waals surface area contributed by atoms with Crippen LogP contribution in [0.5, 0.6) is 0 Å². The molecule has 0 aliphatic carbocycles. The summed E-state index contributed by atoms with van der Waals surface area (Å²) in [6.45, 7) is 17.7. The summed E-state index contributed by atoms with van der Waals surface area (Å²) in [4.78, 5) is 9.75. The molecular weight excluding hydrogens is 354 g/mol. The average molecular weight is 386 g/mol. The first-order valence-corrected chi connectivity index (χ1v) is 10.4. The number of rotatable bonds is 2. The summed E-state index contributed by atoms with van der Waals surface area (Å²) in [6.07, 6.45) is 6.06. The van der Waals surface area contributed by atoms with Gasteiger partial charge in [-0.2, -0.15) is 0 Å². The van der Waals surface area contributed by atoms with E-state index in [1.54, 1.807) is 0 Å². The van der Waals surface area contributed by atoms with Gasteiger partial charge in [-0.05, 0) is 48.4 Å². The van der Waals surface area contributed by atoms with Gasteiger partial charge < -0.3 is 0 Å². The number of nitrogens with zero attached hydrogens (tertiary/aromatic N) is 3. The maximum atomic E-state index is 4.90. The monoisotopic (exact) mass is 385 g/mol. The van der Waals surface area contributed by atoms with Crippen LogP contribution in [0.2, 0.25) is 0 Å². The highest BCUT2D eigenvalue weighted by atomic mass is 15.1. The quantitative estimate of drug-likeness (QED) is 0.479. The van der Waals surface area contributed by atoms with Gasteiger partial charge in [0.2, 0.25) is 0 Å². The number of aliphatic imine (C=N–C) groups is 1. The molecule has 3 aromatic rings. The van der Waals surface area contributed by atoms with E-state index in [1.165, 1.54) is 33.5 Å². The minimum Gasteiger partial charge on any atom is -0.299 e. The third-order valence-corrected chi connectivity index (χ3v) is 5.94. The van der Waals surface area contributed by atoms with Gasteiger partial charge in [0, 0.05) is 29.6 Å².